The molecular weight excluding hydrogens is 267 g/mol. The van der Waals surface area contributed by atoms with E-state index in [1.54, 1.807) is 12.1 Å². The van der Waals surface area contributed by atoms with Crippen LogP contribution >= 0.6 is 15.9 Å². The normalized spacial score (nSPS) is 10.0. The van der Waals surface area contributed by atoms with Gasteiger partial charge >= 0.3 is 0 Å². The second-order valence-electron chi connectivity index (χ2n) is 3.12. The minimum absolute atomic E-state index is 0.259. The Morgan fingerprint density at radius 2 is 2.06 bits per heavy atom. The summed E-state index contributed by atoms with van der Waals surface area (Å²) in [6.45, 7) is 0. The summed E-state index contributed by atoms with van der Waals surface area (Å²) in [4.78, 5) is 4.23. The van der Waals surface area contributed by atoms with Gasteiger partial charge in [-0.1, -0.05) is 12.1 Å². The molecule has 0 spiro atoms. The lowest BCUT2D eigenvalue weighted by Gasteiger charge is -1.95. The van der Waals surface area contributed by atoms with Crippen LogP contribution in [0.3, 0.4) is 0 Å². The van der Waals surface area contributed by atoms with Crippen molar-refractivity contribution in [2.24, 2.45) is 0 Å². The topological polar surface area (TPSA) is 49.8 Å². The summed E-state index contributed by atoms with van der Waals surface area (Å²) >= 11 is 3.28. The largest absolute Gasteiger partial charge is 0.434 e. The van der Waals surface area contributed by atoms with Crippen LogP contribution < -0.4 is 0 Å². The number of benzene rings is 1. The third kappa shape index (κ3) is 2.02. The van der Waals surface area contributed by atoms with Crippen LogP contribution in [0.4, 0.5) is 0 Å². The second kappa shape index (κ2) is 4.54. The van der Waals surface area contributed by atoms with E-state index >= 15 is 0 Å². The van der Waals surface area contributed by atoms with Gasteiger partial charge in [-0.05, 0) is 34.4 Å². The van der Waals surface area contributed by atoms with Gasteiger partial charge in [-0.15, -0.1) is 0 Å². The predicted molar refractivity (Wildman–Crippen MR) is 63.8 cm³/mol. The molecule has 0 atom stereocenters. The SMILES string of the molecule is [B]Cc1nc(-c2ccc(C#N)cc2)c(Br)o1. The fourth-order valence-electron chi connectivity index (χ4n) is 1.31. The summed E-state index contributed by atoms with van der Waals surface area (Å²) in [5, 5.41) is 8.69. The fourth-order valence-corrected chi connectivity index (χ4v) is 1.82. The zero-order valence-electron chi connectivity index (χ0n) is 8.27. The van der Waals surface area contributed by atoms with Crippen LogP contribution in [0.15, 0.2) is 33.4 Å². The van der Waals surface area contributed by atoms with E-state index in [0.29, 0.717) is 21.8 Å². The lowest BCUT2D eigenvalue weighted by atomic mass is 10.1. The van der Waals surface area contributed by atoms with Crippen molar-refractivity contribution in [2.45, 2.75) is 6.32 Å². The first kappa shape index (κ1) is 11.0. The fraction of sp³-hybridized carbons (Fsp3) is 0.0909. The molecule has 0 saturated carbocycles. The number of nitrogens with zero attached hydrogens (tertiary/aromatic N) is 2. The summed E-state index contributed by atoms with van der Waals surface area (Å²) in [7, 11) is 5.44. The average molecular weight is 273 g/mol. The van der Waals surface area contributed by atoms with Crippen molar-refractivity contribution in [3.63, 3.8) is 0 Å². The molecule has 0 aliphatic carbocycles. The molecule has 16 heavy (non-hydrogen) atoms. The predicted octanol–water partition coefficient (Wildman–Crippen LogP) is 2.64. The van der Waals surface area contributed by atoms with Crippen LogP contribution in [0.1, 0.15) is 11.5 Å². The lowest BCUT2D eigenvalue weighted by molar-refractivity contribution is 0.494. The minimum Gasteiger partial charge on any atom is -0.434 e. The van der Waals surface area contributed by atoms with E-state index in [-0.39, 0.29) is 6.32 Å². The standard InChI is InChI=1S/C11H6BBrN2O/c12-5-9-15-10(11(13)16-9)8-3-1-7(6-14)2-4-8/h1-4H,5H2. The molecular formula is C11H6BBrN2O. The van der Waals surface area contributed by atoms with Crippen molar-refractivity contribution in [1.82, 2.24) is 4.98 Å². The van der Waals surface area contributed by atoms with E-state index in [1.807, 2.05) is 12.1 Å². The van der Waals surface area contributed by atoms with Crippen molar-refractivity contribution in [2.75, 3.05) is 0 Å². The quantitative estimate of drug-likeness (QED) is 0.790. The van der Waals surface area contributed by atoms with Crippen LogP contribution in [0, 0.1) is 11.3 Å². The Kier molecular flexibility index (Phi) is 3.11. The van der Waals surface area contributed by atoms with Gasteiger partial charge in [0.2, 0.25) is 0 Å². The van der Waals surface area contributed by atoms with Crippen molar-refractivity contribution in [3.05, 3.63) is 40.4 Å². The molecule has 3 nitrogen and oxygen atoms in total. The van der Waals surface area contributed by atoms with Crippen molar-refractivity contribution < 1.29 is 4.42 Å². The van der Waals surface area contributed by atoms with Crippen molar-refractivity contribution >= 4 is 23.8 Å². The van der Waals surface area contributed by atoms with E-state index < -0.39 is 0 Å². The number of hydrogen-bond acceptors (Lipinski definition) is 3. The number of nitriles is 1. The summed E-state index contributed by atoms with van der Waals surface area (Å²) in [6.07, 6.45) is 0.259. The van der Waals surface area contributed by atoms with Crippen LogP contribution in [0.2, 0.25) is 0 Å². The van der Waals surface area contributed by atoms with Gasteiger partial charge in [0.1, 0.15) is 5.69 Å². The number of hydrogen-bond donors (Lipinski definition) is 0. The molecule has 1 aromatic heterocycles. The maximum atomic E-state index is 8.69. The molecule has 0 unspecified atom stereocenters. The van der Waals surface area contributed by atoms with Gasteiger partial charge in [-0.3, -0.25) is 0 Å². The summed E-state index contributed by atoms with van der Waals surface area (Å²) in [6, 6.07) is 9.17. The van der Waals surface area contributed by atoms with Crippen LogP contribution in [0.5, 0.6) is 0 Å². The van der Waals surface area contributed by atoms with E-state index in [4.69, 9.17) is 17.5 Å². The summed E-state index contributed by atoms with van der Waals surface area (Å²) in [5.74, 6) is 0.478. The molecule has 2 aromatic rings. The monoisotopic (exact) mass is 272 g/mol. The maximum Gasteiger partial charge on any atom is 0.197 e. The molecule has 2 radical (unpaired) electrons. The molecule has 0 aliphatic rings. The first-order valence-corrected chi connectivity index (χ1v) is 5.39. The van der Waals surface area contributed by atoms with E-state index in [9.17, 15) is 0 Å². The molecule has 5 heteroatoms. The molecule has 0 fully saturated rings. The maximum absolute atomic E-state index is 8.69. The molecule has 1 aromatic carbocycles. The Labute approximate surface area is 103 Å². The zero-order chi connectivity index (χ0) is 11.5. The Morgan fingerprint density at radius 1 is 1.38 bits per heavy atom. The first-order valence-electron chi connectivity index (χ1n) is 4.60. The molecule has 2 rings (SSSR count). The molecule has 76 valence electrons. The van der Waals surface area contributed by atoms with Gasteiger partial charge in [0.25, 0.3) is 0 Å². The van der Waals surface area contributed by atoms with E-state index in [0.717, 1.165) is 5.56 Å². The molecule has 1 heterocycles. The number of rotatable bonds is 2. The van der Waals surface area contributed by atoms with Gasteiger partial charge in [0.15, 0.2) is 10.6 Å². The summed E-state index contributed by atoms with van der Waals surface area (Å²) in [5.41, 5.74) is 2.20. The Balaban J connectivity index is 2.42. The van der Waals surface area contributed by atoms with Crippen molar-refractivity contribution in [1.29, 1.82) is 5.26 Å². The highest BCUT2D eigenvalue weighted by Crippen LogP contribution is 2.28. The van der Waals surface area contributed by atoms with Gasteiger partial charge in [0, 0.05) is 5.56 Å². The number of halogens is 1. The van der Waals surface area contributed by atoms with Crippen LogP contribution in [0.25, 0.3) is 11.3 Å². The molecule has 0 amide bonds. The Hall–Kier alpha value is -1.54. The number of oxazole rings is 1. The molecule has 0 N–H and O–H groups in total. The lowest BCUT2D eigenvalue weighted by Crippen LogP contribution is -1.84. The summed E-state index contributed by atoms with van der Waals surface area (Å²) < 4.78 is 5.84. The highest BCUT2D eigenvalue weighted by molar-refractivity contribution is 9.10. The van der Waals surface area contributed by atoms with Gasteiger partial charge in [-0.2, -0.15) is 5.26 Å². The van der Waals surface area contributed by atoms with Crippen molar-refractivity contribution in [3.8, 4) is 17.3 Å². The van der Waals surface area contributed by atoms with E-state index in [2.05, 4.69) is 27.0 Å². The Bertz CT molecular complexity index is 542. The minimum atomic E-state index is 0.259. The zero-order valence-corrected chi connectivity index (χ0v) is 9.86. The van der Waals surface area contributed by atoms with Crippen LogP contribution in [-0.2, 0) is 6.32 Å². The number of aromatic nitrogens is 1. The van der Waals surface area contributed by atoms with E-state index in [1.165, 1.54) is 0 Å². The molecule has 0 aliphatic heterocycles. The van der Waals surface area contributed by atoms with Gasteiger partial charge < -0.3 is 4.42 Å². The van der Waals surface area contributed by atoms with Gasteiger partial charge in [-0.25, -0.2) is 4.98 Å². The highest BCUT2D eigenvalue weighted by Gasteiger charge is 2.11. The Morgan fingerprint density at radius 3 is 2.56 bits per heavy atom. The molecule has 0 bridgehead atoms. The third-order valence-corrected chi connectivity index (χ3v) is 2.63. The van der Waals surface area contributed by atoms with Crippen LogP contribution in [-0.4, -0.2) is 12.8 Å². The second-order valence-corrected chi connectivity index (χ2v) is 3.84. The highest BCUT2D eigenvalue weighted by atomic mass is 79.9. The first-order chi connectivity index (χ1) is 7.74. The third-order valence-electron chi connectivity index (χ3n) is 2.09. The smallest absolute Gasteiger partial charge is 0.197 e. The van der Waals surface area contributed by atoms with Gasteiger partial charge in [0.05, 0.1) is 19.5 Å². The molecule has 0 saturated heterocycles. The average Bonchev–Trinajstić information content (AvgIpc) is 2.71.